The number of aryl methyl sites for hydroxylation is 1. The third kappa shape index (κ3) is 2.50. The summed E-state index contributed by atoms with van der Waals surface area (Å²) in [7, 11) is 0. The molecule has 2 rings (SSSR count). The Hall–Kier alpha value is -1.98. The van der Waals surface area contributed by atoms with Gasteiger partial charge in [-0.1, -0.05) is 6.92 Å². The van der Waals surface area contributed by atoms with Crippen molar-refractivity contribution in [1.82, 2.24) is 4.90 Å². The molecule has 0 saturated carbocycles. The van der Waals surface area contributed by atoms with Crippen LogP contribution < -0.4 is 0 Å². The van der Waals surface area contributed by atoms with Crippen LogP contribution in [-0.4, -0.2) is 35.0 Å². The molecule has 1 aliphatic heterocycles. The van der Waals surface area contributed by atoms with Gasteiger partial charge in [0, 0.05) is 25.1 Å². The summed E-state index contributed by atoms with van der Waals surface area (Å²) in [6.45, 7) is 3.60. The fourth-order valence-corrected chi connectivity index (χ4v) is 2.19. The Balaban J connectivity index is 2.08. The average molecular weight is 283 g/mol. The highest BCUT2D eigenvalue weighted by molar-refractivity contribution is 5.95. The highest BCUT2D eigenvalue weighted by Crippen LogP contribution is 2.26. The van der Waals surface area contributed by atoms with E-state index >= 15 is 0 Å². The third-order valence-corrected chi connectivity index (χ3v) is 3.77. The minimum atomic E-state index is -0.911. The van der Waals surface area contributed by atoms with E-state index in [4.69, 9.17) is 5.11 Å². The quantitative estimate of drug-likeness (QED) is 0.923. The van der Waals surface area contributed by atoms with Crippen molar-refractivity contribution >= 4 is 11.9 Å². The molecule has 0 bridgehead atoms. The standard InChI is InChI=1S/C14H15F2NO3/c1-7-3-10(12(16)4-11(7)15)13(18)17-5-9(6-17)8(2)14(19)20/h3-4,8-9H,5-6H2,1-2H3,(H,19,20). The third-order valence-electron chi connectivity index (χ3n) is 3.77. The molecule has 6 heteroatoms. The molecule has 1 atom stereocenters. The second-order valence-corrected chi connectivity index (χ2v) is 5.18. The lowest BCUT2D eigenvalue weighted by atomic mass is 9.86. The first-order valence-corrected chi connectivity index (χ1v) is 6.29. The molecule has 1 aromatic rings. The first-order valence-electron chi connectivity index (χ1n) is 6.29. The van der Waals surface area contributed by atoms with Crippen LogP contribution in [0.3, 0.4) is 0 Å². The van der Waals surface area contributed by atoms with Crippen molar-refractivity contribution in [3.8, 4) is 0 Å². The van der Waals surface area contributed by atoms with Crippen LogP contribution in [0.25, 0.3) is 0 Å². The largest absolute Gasteiger partial charge is 0.481 e. The Labute approximate surface area is 115 Å². The van der Waals surface area contributed by atoms with Gasteiger partial charge >= 0.3 is 5.97 Å². The number of likely N-dealkylation sites (tertiary alicyclic amines) is 1. The number of aliphatic carboxylic acids is 1. The normalized spacial score (nSPS) is 16.7. The van der Waals surface area contributed by atoms with Crippen LogP contribution in [0.1, 0.15) is 22.8 Å². The number of hydrogen-bond donors (Lipinski definition) is 1. The number of nitrogens with zero attached hydrogens (tertiary/aromatic N) is 1. The number of amides is 1. The maximum Gasteiger partial charge on any atom is 0.306 e. The van der Waals surface area contributed by atoms with Gasteiger partial charge in [-0.15, -0.1) is 0 Å². The van der Waals surface area contributed by atoms with E-state index in [-0.39, 0.29) is 30.1 Å². The van der Waals surface area contributed by atoms with Crippen molar-refractivity contribution in [1.29, 1.82) is 0 Å². The molecule has 1 amide bonds. The summed E-state index contributed by atoms with van der Waals surface area (Å²) in [5, 5.41) is 8.87. The van der Waals surface area contributed by atoms with E-state index in [1.807, 2.05) is 0 Å². The molecule has 0 spiro atoms. The fourth-order valence-electron chi connectivity index (χ4n) is 2.19. The minimum Gasteiger partial charge on any atom is -0.481 e. The number of benzene rings is 1. The lowest BCUT2D eigenvalue weighted by Gasteiger charge is -2.41. The van der Waals surface area contributed by atoms with E-state index in [1.54, 1.807) is 6.92 Å². The van der Waals surface area contributed by atoms with Gasteiger partial charge in [-0.05, 0) is 18.6 Å². The second kappa shape index (κ2) is 5.19. The maximum atomic E-state index is 13.6. The van der Waals surface area contributed by atoms with E-state index in [1.165, 1.54) is 17.9 Å². The molecule has 1 fully saturated rings. The van der Waals surface area contributed by atoms with E-state index in [0.29, 0.717) is 6.07 Å². The smallest absolute Gasteiger partial charge is 0.306 e. The van der Waals surface area contributed by atoms with Crippen LogP contribution in [0.4, 0.5) is 8.78 Å². The molecule has 1 heterocycles. The molecule has 1 saturated heterocycles. The Kier molecular flexibility index (Phi) is 3.74. The summed E-state index contributed by atoms with van der Waals surface area (Å²) >= 11 is 0. The molecule has 20 heavy (non-hydrogen) atoms. The van der Waals surface area contributed by atoms with Crippen LogP contribution in [0.2, 0.25) is 0 Å². The van der Waals surface area contributed by atoms with Gasteiger partial charge in [0.05, 0.1) is 11.5 Å². The summed E-state index contributed by atoms with van der Waals surface area (Å²) in [4.78, 5) is 24.3. The molecule has 1 aromatic carbocycles. The summed E-state index contributed by atoms with van der Waals surface area (Å²) in [5.74, 6) is -3.70. The predicted molar refractivity (Wildman–Crippen MR) is 67.3 cm³/mol. The monoisotopic (exact) mass is 283 g/mol. The van der Waals surface area contributed by atoms with Gasteiger partial charge in [0.15, 0.2) is 0 Å². The van der Waals surface area contributed by atoms with Crippen LogP contribution in [0, 0.1) is 30.4 Å². The van der Waals surface area contributed by atoms with Gasteiger partial charge in [0.2, 0.25) is 0 Å². The molecular weight excluding hydrogens is 268 g/mol. The van der Waals surface area contributed by atoms with E-state index in [0.717, 1.165) is 0 Å². The molecule has 0 radical (unpaired) electrons. The topological polar surface area (TPSA) is 57.6 Å². The zero-order valence-corrected chi connectivity index (χ0v) is 11.2. The lowest BCUT2D eigenvalue weighted by Crippen LogP contribution is -2.53. The van der Waals surface area contributed by atoms with Crippen molar-refractivity contribution in [2.24, 2.45) is 11.8 Å². The Morgan fingerprint density at radius 2 is 1.90 bits per heavy atom. The van der Waals surface area contributed by atoms with E-state index in [9.17, 15) is 18.4 Å². The molecule has 0 aliphatic carbocycles. The predicted octanol–water partition coefficient (Wildman–Crippen LogP) is 2.07. The first kappa shape index (κ1) is 14.4. The van der Waals surface area contributed by atoms with Crippen LogP contribution in [0.5, 0.6) is 0 Å². The van der Waals surface area contributed by atoms with Crippen molar-refractivity contribution in [2.75, 3.05) is 13.1 Å². The number of carboxylic acid groups (broad SMARTS) is 1. The fraction of sp³-hybridized carbons (Fsp3) is 0.429. The van der Waals surface area contributed by atoms with Crippen LogP contribution in [0.15, 0.2) is 12.1 Å². The van der Waals surface area contributed by atoms with E-state index in [2.05, 4.69) is 0 Å². The number of rotatable bonds is 3. The lowest BCUT2D eigenvalue weighted by molar-refractivity contribution is -0.144. The summed E-state index contributed by atoms with van der Waals surface area (Å²) in [5.41, 5.74) is 0.0241. The van der Waals surface area contributed by atoms with Gasteiger partial charge in [-0.2, -0.15) is 0 Å². The van der Waals surface area contributed by atoms with E-state index < -0.39 is 29.4 Å². The number of carbonyl (C=O) groups is 2. The van der Waals surface area contributed by atoms with Gasteiger partial charge in [0.1, 0.15) is 11.6 Å². The molecule has 4 nitrogen and oxygen atoms in total. The van der Waals surface area contributed by atoms with Crippen molar-refractivity contribution in [3.63, 3.8) is 0 Å². The Bertz CT molecular complexity index is 568. The van der Waals surface area contributed by atoms with Gasteiger partial charge in [-0.25, -0.2) is 8.78 Å². The van der Waals surface area contributed by atoms with Crippen LogP contribution >= 0.6 is 0 Å². The number of halogens is 2. The first-order chi connectivity index (χ1) is 9.31. The SMILES string of the molecule is Cc1cc(C(=O)N2CC(C(C)C(=O)O)C2)c(F)cc1F. The zero-order chi connectivity index (χ0) is 15.0. The van der Waals surface area contributed by atoms with Crippen molar-refractivity contribution in [2.45, 2.75) is 13.8 Å². The summed E-state index contributed by atoms with van der Waals surface area (Å²) in [6.07, 6.45) is 0. The van der Waals surface area contributed by atoms with Crippen molar-refractivity contribution in [3.05, 3.63) is 34.9 Å². The van der Waals surface area contributed by atoms with Gasteiger partial charge in [0.25, 0.3) is 5.91 Å². The summed E-state index contributed by atoms with van der Waals surface area (Å²) in [6, 6.07) is 1.88. The van der Waals surface area contributed by atoms with Crippen LogP contribution in [-0.2, 0) is 4.79 Å². The second-order valence-electron chi connectivity index (χ2n) is 5.18. The molecule has 0 aromatic heterocycles. The average Bonchev–Trinajstić information content (AvgIpc) is 2.31. The maximum absolute atomic E-state index is 13.6. The number of hydrogen-bond acceptors (Lipinski definition) is 2. The Morgan fingerprint density at radius 3 is 2.45 bits per heavy atom. The molecule has 108 valence electrons. The molecule has 1 N–H and O–H groups in total. The molecular formula is C14H15F2NO3. The minimum absolute atomic E-state index is 0.124. The summed E-state index contributed by atoms with van der Waals surface area (Å²) < 4.78 is 26.8. The number of carbonyl (C=O) groups excluding carboxylic acids is 1. The highest BCUT2D eigenvalue weighted by Gasteiger charge is 2.38. The Morgan fingerprint density at radius 1 is 1.30 bits per heavy atom. The van der Waals surface area contributed by atoms with Gasteiger partial charge in [-0.3, -0.25) is 9.59 Å². The van der Waals surface area contributed by atoms with Gasteiger partial charge < -0.3 is 10.0 Å². The molecule has 1 aliphatic rings. The zero-order valence-electron chi connectivity index (χ0n) is 11.2. The number of carboxylic acids is 1. The highest BCUT2D eigenvalue weighted by atomic mass is 19.1. The molecule has 1 unspecified atom stereocenters. The van der Waals surface area contributed by atoms with Crippen molar-refractivity contribution < 1.29 is 23.5 Å².